The number of benzene rings is 1. The lowest BCUT2D eigenvalue weighted by atomic mass is 9.85. The van der Waals surface area contributed by atoms with Gasteiger partial charge in [-0.05, 0) is 30.4 Å². The highest BCUT2D eigenvalue weighted by molar-refractivity contribution is 5.90. The van der Waals surface area contributed by atoms with Crippen molar-refractivity contribution in [3.05, 3.63) is 48.7 Å². The first kappa shape index (κ1) is 12.7. The van der Waals surface area contributed by atoms with Gasteiger partial charge in [-0.1, -0.05) is 18.6 Å². The normalized spacial score (nSPS) is 15.3. The minimum atomic E-state index is 0.534. The molecule has 0 aliphatic heterocycles. The molecule has 4 aromatic rings. The summed E-state index contributed by atoms with van der Waals surface area (Å²) in [6.45, 7) is 0. The Morgan fingerprint density at radius 3 is 2.96 bits per heavy atom. The van der Waals surface area contributed by atoms with Crippen LogP contribution in [0.1, 0.15) is 31.0 Å². The van der Waals surface area contributed by atoms with E-state index < -0.39 is 0 Å². The van der Waals surface area contributed by atoms with Gasteiger partial charge in [-0.3, -0.25) is 4.40 Å². The van der Waals surface area contributed by atoms with E-state index in [0.29, 0.717) is 11.7 Å². The first-order chi connectivity index (χ1) is 11.3. The highest BCUT2D eigenvalue weighted by atomic mass is 15.1. The summed E-state index contributed by atoms with van der Waals surface area (Å²) in [5.74, 6) is 2.18. The van der Waals surface area contributed by atoms with Crippen molar-refractivity contribution in [3.8, 4) is 11.3 Å². The Balaban J connectivity index is 1.79. The number of hydrogen-bond acceptors (Lipinski definition) is 3. The van der Waals surface area contributed by atoms with Crippen molar-refractivity contribution in [2.75, 3.05) is 5.73 Å². The Hall–Kier alpha value is -2.82. The molecule has 0 bridgehead atoms. The van der Waals surface area contributed by atoms with E-state index in [1.54, 1.807) is 6.20 Å². The minimum absolute atomic E-state index is 0.534. The topological polar surface area (TPSA) is 72.0 Å². The van der Waals surface area contributed by atoms with Crippen molar-refractivity contribution in [3.63, 3.8) is 0 Å². The fourth-order valence-electron chi connectivity index (χ4n) is 3.44. The third-order valence-corrected chi connectivity index (χ3v) is 4.91. The molecular weight excluding hydrogens is 286 g/mol. The monoisotopic (exact) mass is 303 g/mol. The molecule has 0 unspecified atom stereocenters. The molecule has 0 spiro atoms. The van der Waals surface area contributed by atoms with Gasteiger partial charge < -0.3 is 10.7 Å². The molecule has 1 fully saturated rings. The van der Waals surface area contributed by atoms with Crippen molar-refractivity contribution in [1.29, 1.82) is 0 Å². The first-order valence-electron chi connectivity index (χ1n) is 8.01. The van der Waals surface area contributed by atoms with Crippen LogP contribution < -0.4 is 5.73 Å². The molecule has 5 rings (SSSR count). The standard InChI is InChI=1S/C18H17N5/c19-17-16-15(13-5-4-11-6-7-20-14(11)10-13)22-18(12-2-1-3-12)23(16)9-8-21-17/h4-10,12,20H,1-3H2,(H2,19,21). The largest absolute Gasteiger partial charge is 0.382 e. The lowest BCUT2D eigenvalue weighted by molar-refractivity contribution is 0.400. The average molecular weight is 303 g/mol. The molecule has 1 saturated carbocycles. The fourth-order valence-corrected chi connectivity index (χ4v) is 3.44. The van der Waals surface area contributed by atoms with E-state index in [2.05, 4.69) is 38.6 Å². The SMILES string of the molecule is Nc1nccn2c(C3CCC3)nc(-c3ccc4cc[nH]c4c3)c12. The van der Waals surface area contributed by atoms with Crippen LogP contribution in [0.4, 0.5) is 5.82 Å². The zero-order chi connectivity index (χ0) is 15.4. The molecule has 5 nitrogen and oxygen atoms in total. The van der Waals surface area contributed by atoms with Crippen molar-refractivity contribution >= 4 is 22.2 Å². The van der Waals surface area contributed by atoms with E-state index in [1.807, 2.05) is 12.4 Å². The van der Waals surface area contributed by atoms with Crippen LogP contribution in [0.25, 0.3) is 27.7 Å². The minimum Gasteiger partial charge on any atom is -0.382 e. The van der Waals surface area contributed by atoms with Gasteiger partial charge in [-0.2, -0.15) is 0 Å². The van der Waals surface area contributed by atoms with Crippen LogP contribution in [-0.2, 0) is 0 Å². The average Bonchev–Trinajstić information content (AvgIpc) is 3.10. The number of nitrogens with zero attached hydrogens (tertiary/aromatic N) is 3. The summed E-state index contributed by atoms with van der Waals surface area (Å²) >= 11 is 0. The van der Waals surface area contributed by atoms with Crippen molar-refractivity contribution in [2.24, 2.45) is 0 Å². The third-order valence-electron chi connectivity index (χ3n) is 4.91. The Labute approximate surface area is 133 Å². The number of nitrogens with one attached hydrogen (secondary N) is 1. The van der Waals surface area contributed by atoms with E-state index in [0.717, 1.165) is 28.1 Å². The molecule has 5 heteroatoms. The maximum absolute atomic E-state index is 6.18. The van der Waals surface area contributed by atoms with Crippen molar-refractivity contribution in [2.45, 2.75) is 25.2 Å². The number of hydrogen-bond donors (Lipinski definition) is 2. The number of rotatable bonds is 2. The van der Waals surface area contributed by atoms with Crippen molar-refractivity contribution in [1.82, 2.24) is 19.4 Å². The zero-order valence-electron chi connectivity index (χ0n) is 12.7. The summed E-state index contributed by atoms with van der Waals surface area (Å²) in [4.78, 5) is 12.5. The van der Waals surface area contributed by atoms with Gasteiger partial charge in [0.05, 0.1) is 0 Å². The molecule has 0 atom stereocenters. The van der Waals surface area contributed by atoms with Crippen LogP contribution in [0.2, 0.25) is 0 Å². The third kappa shape index (κ3) is 1.79. The van der Waals surface area contributed by atoms with E-state index in [9.17, 15) is 0 Å². The quantitative estimate of drug-likeness (QED) is 0.592. The summed E-state index contributed by atoms with van der Waals surface area (Å²) in [5, 5.41) is 1.20. The molecule has 3 aromatic heterocycles. The van der Waals surface area contributed by atoms with Gasteiger partial charge in [0.15, 0.2) is 0 Å². The second kappa shape index (κ2) is 4.59. The van der Waals surface area contributed by atoms with E-state index >= 15 is 0 Å². The predicted molar refractivity (Wildman–Crippen MR) is 91.3 cm³/mol. The van der Waals surface area contributed by atoms with Gasteiger partial charge in [0, 0.05) is 35.6 Å². The summed E-state index contributed by atoms with van der Waals surface area (Å²) < 4.78 is 2.13. The molecule has 3 N–H and O–H groups in total. The van der Waals surface area contributed by atoms with Crippen LogP contribution in [-0.4, -0.2) is 19.4 Å². The Bertz CT molecular complexity index is 1020. The Morgan fingerprint density at radius 2 is 2.13 bits per heavy atom. The molecule has 3 heterocycles. The number of H-pyrrole nitrogens is 1. The predicted octanol–water partition coefficient (Wildman–Crippen LogP) is 3.73. The molecule has 0 saturated heterocycles. The lowest BCUT2D eigenvalue weighted by Crippen LogP contribution is -2.12. The summed E-state index contributed by atoms with van der Waals surface area (Å²) in [7, 11) is 0. The van der Waals surface area contributed by atoms with Gasteiger partial charge in [0.1, 0.15) is 22.9 Å². The van der Waals surface area contributed by atoms with Crippen LogP contribution in [0.5, 0.6) is 0 Å². The second-order valence-corrected chi connectivity index (χ2v) is 6.26. The van der Waals surface area contributed by atoms with Gasteiger partial charge in [-0.25, -0.2) is 9.97 Å². The van der Waals surface area contributed by atoms with Crippen LogP contribution >= 0.6 is 0 Å². The number of anilines is 1. The van der Waals surface area contributed by atoms with E-state index in [-0.39, 0.29) is 0 Å². The van der Waals surface area contributed by atoms with E-state index in [1.165, 1.54) is 24.6 Å². The number of nitrogens with two attached hydrogens (primary N) is 1. The van der Waals surface area contributed by atoms with E-state index in [4.69, 9.17) is 10.7 Å². The number of aromatic nitrogens is 4. The second-order valence-electron chi connectivity index (χ2n) is 6.26. The zero-order valence-corrected chi connectivity index (χ0v) is 12.7. The van der Waals surface area contributed by atoms with Gasteiger partial charge >= 0.3 is 0 Å². The molecule has 0 radical (unpaired) electrons. The Kier molecular flexibility index (Phi) is 2.53. The Morgan fingerprint density at radius 1 is 1.22 bits per heavy atom. The highest BCUT2D eigenvalue weighted by Crippen LogP contribution is 2.39. The highest BCUT2D eigenvalue weighted by Gasteiger charge is 2.26. The van der Waals surface area contributed by atoms with Gasteiger partial charge in [-0.15, -0.1) is 0 Å². The van der Waals surface area contributed by atoms with Crippen LogP contribution in [0.3, 0.4) is 0 Å². The number of nitrogen functional groups attached to an aromatic ring is 1. The maximum Gasteiger partial charge on any atom is 0.150 e. The smallest absolute Gasteiger partial charge is 0.150 e. The number of aromatic amines is 1. The number of fused-ring (bicyclic) bond motifs is 2. The molecule has 1 aliphatic carbocycles. The maximum atomic E-state index is 6.18. The van der Waals surface area contributed by atoms with Crippen LogP contribution in [0, 0.1) is 0 Å². The fraction of sp³-hybridized carbons (Fsp3) is 0.222. The summed E-state index contributed by atoms with van der Waals surface area (Å²) in [6, 6.07) is 8.42. The van der Waals surface area contributed by atoms with Gasteiger partial charge in [0.25, 0.3) is 0 Å². The molecule has 114 valence electrons. The number of imidazole rings is 1. The molecule has 0 amide bonds. The summed E-state index contributed by atoms with van der Waals surface area (Å²) in [6.07, 6.45) is 9.37. The summed E-state index contributed by atoms with van der Waals surface area (Å²) in [5.41, 5.74) is 10.2. The van der Waals surface area contributed by atoms with Crippen molar-refractivity contribution < 1.29 is 0 Å². The lowest BCUT2D eigenvalue weighted by Gasteiger charge is -2.23. The van der Waals surface area contributed by atoms with Crippen LogP contribution in [0.15, 0.2) is 42.9 Å². The molecule has 1 aromatic carbocycles. The molecule has 1 aliphatic rings. The van der Waals surface area contributed by atoms with Gasteiger partial charge in [0.2, 0.25) is 0 Å². The molecule has 23 heavy (non-hydrogen) atoms. The first-order valence-corrected chi connectivity index (χ1v) is 8.01. The molecular formula is C18H17N5.